The first-order chi connectivity index (χ1) is 11.9. The number of sulfonamides is 1. The van der Waals surface area contributed by atoms with Gasteiger partial charge in [-0.2, -0.15) is 4.31 Å². The molecule has 0 radical (unpaired) electrons. The highest BCUT2D eigenvalue weighted by Crippen LogP contribution is 2.27. The van der Waals surface area contributed by atoms with Crippen LogP contribution in [0.2, 0.25) is 0 Å². The molecule has 2 rings (SSSR count). The molecule has 0 aromatic heterocycles. The molecule has 9 heteroatoms. The van der Waals surface area contributed by atoms with Crippen LogP contribution >= 0.6 is 0 Å². The van der Waals surface area contributed by atoms with Gasteiger partial charge >= 0.3 is 5.97 Å². The van der Waals surface area contributed by atoms with Crippen LogP contribution in [0.1, 0.15) is 26.2 Å². The third-order valence-electron chi connectivity index (χ3n) is 3.89. The van der Waals surface area contributed by atoms with Crippen LogP contribution in [-0.2, 0) is 19.6 Å². The summed E-state index contributed by atoms with van der Waals surface area (Å²) in [7, 11) is -3.81. The monoisotopic (exact) mass is 368 g/mol. The van der Waals surface area contributed by atoms with E-state index >= 15 is 0 Å². The second kappa shape index (κ2) is 8.21. The Morgan fingerprint density at radius 2 is 2.04 bits per heavy atom. The van der Waals surface area contributed by atoms with E-state index in [1.165, 1.54) is 34.6 Å². The smallest absolute Gasteiger partial charge is 0.330 e. The number of nitrogens with zero attached hydrogens (tertiary/aromatic N) is 2. The summed E-state index contributed by atoms with van der Waals surface area (Å²) in [6, 6.07) is 4.35. The molecule has 1 fully saturated rings. The van der Waals surface area contributed by atoms with Crippen molar-refractivity contribution in [1.82, 2.24) is 4.31 Å². The van der Waals surface area contributed by atoms with Gasteiger partial charge in [0.25, 0.3) is 5.69 Å². The Bertz CT molecular complexity index is 757. The van der Waals surface area contributed by atoms with E-state index in [2.05, 4.69) is 0 Å². The van der Waals surface area contributed by atoms with Crippen molar-refractivity contribution in [3.8, 4) is 0 Å². The quantitative estimate of drug-likeness (QED) is 0.330. The molecule has 8 nitrogen and oxygen atoms in total. The number of piperidine rings is 1. The van der Waals surface area contributed by atoms with Crippen LogP contribution in [0, 0.1) is 10.1 Å². The van der Waals surface area contributed by atoms with Crippen molar-refractivity contribution in [3.05, 3.63) is 46.5 Å². The van der Waals surface area contributed by atoms with Gasteiger partial charge in [0.05, 0.1) is 16.4 Å². The van der Waals surface area contributed by atoms with Crippen molar-refractivity contribution in [1.29, 1.82) is 0 Å². The van der Waals surface area contributed by atoms with Crippen molar-refractivity contribution < 1.29 is 22.9 Å². The fourth-order valence-electron chi connectivity index (χ4n) is 2.68. The lowest BCUT2D eigenvalue weighted by Crippen LogP contribution is -2.42. The minimum absolute atomic E-state index is 0.00506. The lowest BCUT2D eigenvalue weighted by atomic mass is 10.0. The maximum Gasteiger partial charge on any atom is 0.330 e. The molecule has 0 bridgehead atoms. The standard InChI is InChI=1S/C16H20N2O6S/c1-2-24-16(19)11-8-13-5-3-4-12-17(13)25(22,23)15-9-6-14(7-10-15)18(20)21/h6-11,13H,2-5,12H2,1H3/b11-8+. The van der Waals surface area contributed by atoms with Gasteiger partial charge in [-0.1, -0.05) is 12.5 Å². The maximum absolute atomic E-state index is 12.9. The normalized spacial score (nSPS) is 19.0. The molecular formula is C16H20N2O6S. The van der Waals surface area contributed by atoms with Gasteiger partial charge in [0.1, 0.15) is 0 Å². The van der Waals surface area contributed by atoms with Gasteiger partial charge in [0.2, 0.25) is 10.0 Å². The molecule has 0 amide bonds. The fraction of sp³-hybridized carbons (Fsp3) is 0.438. The minimum Gasteiger partial charge on any atom is -0.463 e. The molecule has 1 aliphatic rings. The predicted molar refractivity (Wildman–Crippen MR) is 90.4 cm³/mol. The number of nitro groups is 1. The Hall–Kier alpha value is -2.26. The summed E-state index contributed by atoms with van der Waals surface area (Å²) in [6.45, 7) is 2.27. The van der Waals surface area contributed by atoms with E-state index in [1.54, 1.807) is 13.0 Å². The van der Waals surface area contributed by atoms with Gasteiger partial charge in [-0.15, -0.1) is 0 Å². The predicted octanol–water partition coefficient (Wildman–Crippen LogP) is 2.26. The van der Waals surface area contributed by atoms with Crippen molar-refractivity contribution in [3.63, 3.8) is 0 Å². The van der Waals surface area contributed by atoms with Gasteiger partial charge in [0.15, 0.2) is 0 Å². The average molecular weight is 368 g/mol. The number of carbonyl (C=O) groups is 1. The number of hydrogen-bond acceptors (Lipinski definition) is 6. The Morgan fingerprint density at radius 3 is 2.64 bits per heavy atom. The lowest BCUT2D eigenvalue weighted by Gasteiger charge is -2.32. The number of benzene rings is 1. The largest absolute Gasteiger partial charge is 0.463 e. The summed E-state index contributed by atoms with van der Waals surface area (Å²) in [5.41, 5.74) is -0.170. The van der Waals surface area contributed by atoms with Crippen LogP contribution in [0.25, 0.3) is 0 Å². The SMILES string of the molecule is CCOC(=O)/C=C/C1CCCCN1S(=O)(=O)c1ccc([N+](=O)[O-])cc1. The van der Waals surface area contributed by atoms with Crippen LogP contribution < -0.4 is 0 Å². The topological polar surface area (TPSA) is 107 Å². The lowest BCUT2D eigenvalue weighted by molar-refractivity contribution is -0.384. The molecule has 0 saturated carbocycles. The summed E-state index contributed by atoms with van der Waals surface area (Å²) >= 11 is 0. The minimum atomic E-state index is -3.81. The summed E-state index contributed by atoms with van der Waals surface area (Å²) in [4.78, 5) is 21.6. The van der Waals surface area contributed by atoms with Crippen molar-refractivity contribution in [2.45, 2.75) is 37.1 Å². The maximum atomic E-state index is 12.9. The molecule has 1 saturated heterocycles. The highest BCUT2D eigenvalue weighted by Gasteiger charge is 2.32. The summed E-state index contributed by atoms with van der Waals surface area (Å²) < 4.78 is 31.9. The van der Waals surface area contributed by atoms with Crippen LogP contribution in [-0.4, -0.2) is 42.8 Å². The number of rotatable bonds is 6. The second-order valence-corrected chi connectivity index (χ2v) is 7.43. The van der Waals surface area contributed by atoms with E-state index in [0.717, 1.165) is 12.8 Å². The molecule has 0 N–H and O–H groups in total. The molecule has 1 heterocycles. The number of esters is 1. The third-order valence-corrected chi connectivity index (χ3v) is 5.83. The Kier molecular flexibility index (Phi) is 6.27. The van der Waals surface area contributed by atoms with Gasteiger partial charge in [-0.3, -0.25) is 10.1 Å². The van der Waals surface area contributed by atoms with Gasteiger partial charge in [-0.05, 0) is 31.9 Å². The van der Waals surface area contributed by atoms with Crippen molar-refractivity contribution >= 4 is 21.7 Å². The van der Waals surface area contributed by atoms with Crippen LogP contribution in [0.4, 0.5) is 5.69 Å². The molecule has 1 unspecified atom stereocenters. The van der Waals surface area contributed by atoms with Gasteiger partial charge in [-0.25, -0.2) is 13.2 Å². The van der Waals surface area contributed by atoms with E-state index in [4.69, 9.17) is 4.74 Å². The fourth-order valence-corrected chi connectivity index (χ4v) is 4.33. The van der Waals surface area contributed by atoms with Gasteiger partial charge < -0.3 is 4.74 Å². The first-order valence-corrected chi connectivity index (χ1v) is 9.41. The zero-order chi connectivity index (χ0) is 18.4. The second-order valence-electron chi connectivity index (χ2n) is 5.54. The first-order valence-electron chi connectivity index (χ1n) is 7.97. The third kappa shape index (κ3) is 4.64. The highest BCUT2D eigenvalue weighted by atomic mass is 32.2. The number of hydrogen-bond donors (Lipinski definition) is 0. The van der Waals surface area contributed by atoms with E-state index in [1.807, 2.05) is 0 Å². The molecule has 0 spiro atoms. The molecular weight excluding hydrogens is 348 g/mol. The Labute approximate surface area is 146 Å². The van der Waals surface area contributed by atoms with Crippen LogP contribution in [0.15, 0.2) is 41.3 Å². The average Bonchev–Trinajstić information content (AvgIpc) is 2.60. The summed E-state index contributed by atoms with van der Waals surface area (Å²) in [5, 5.41) is 10.7. The van der Waals surface area contributed by atoms with E-state index < -0.39 is 27.0 Å². The molecule has 1 aromatic carbocycles. The molecule has 1 aliphatic heterocycles. The van der Waals surface area contributed by atoms with Gasteiger partial charge in [0, 0.05) is 30.8 Å². The van der Waals surface area contributed by atoms with Crippen LogP contribution in [0.3, 0.4) is 0 Å². The van der Waals surface area contributed by atoms with Crippen molar-refractivity contribution in [2.75, 3.05) is 13.2 Å². The Morgan fingerprint density at radius 1 is 1.36 bits per heavy atom. The zero-order valence-electron chi connectivity index (χ0n) is 13.8. The first kappa shape index (κ1) is 19.1. The number of nitro benzene ring substituents is 1. The number of non-ortho nitro benzene ring substituents is 1. The van der Waals surface area contributed by atoms with E-state index in [0.29, 0.717) is 13.0 Å². The van der Waals surface area contributed by atoms with Crippen LogP contribution in [0.5, 0.6) is 0 Å². The number of ether oxygens (including phenoxy) is 1. The molecule has 1 atom stereocenters. The molecule has 0 aliphatic carbocycles. The van der Waals surface area contributed by atoms with E-state index in [-0.39, 0.29) is 17.2 Å². The van der Waals surface area contributed by atoms with E-state index in [9.17, 15) is 23.3 Å². The zero-order valence-corrected chi connectivity index (χ0v) is 14.6. The van der Waals surface area contributed by atoms with Crippen molar-refractivity contribution in [2.24, 2.45) is 0 Å². The Balaban J connectivity index is 2.25. The molecule has 136 valence electrons. The highest BCUT2D eigenvalue weighted by molar-refractivity contribution is 7.89. The summed E-state index contributed by atoms with van der Waals surface area (Å²) in [6.07, 6.45) is 4.96. The number of carbonyl (C=O) groups excluding carboxylic acids is 1. The summed E-state index contributed by atoms with van der Waals surface area (Å²) in [5.74, 6) is -0.513. The molecule has 1 aromatic rings. The molecule has 25 heavy (non-hydrogen) atoms.